The Bertz CT molecular complexity index is 580. The number of hydrogen-bond acceptors (Lipinski definition) is 3. The second-order valence-electron chi connectivity index (χ2n) is 5.78. The van der Waals surface area contributed by atoms with E-state index in [-0.39, 0.29) is 19.0 Å². The Labute approximate surface area is 124 Å². The summed E-state index contributed by atoms with van der Waals surface area (Å²) < 4.78 is 11.5. The van der Waals surface area contributed by atoms with Gasteiger partial charge in [0.1, 0.15) is 0 Å². The molecule has 3 aliphatic rings. The fourth-order valence-corrected chi connectivity index (χ4v) is 3.64. The van der Waals surface area contributed by atoms with Gasteiger partial charge in [-0.25, -0.2) is 0 Å². The number of carbonyl (C=O) groups excluding carboxylic acids is 1. The van der Waals surface area contributed by atoms with Crippen LogP contribution in [0.4, 0.5) is 5.69 Å². The number of anilines is 1. The molecule has 1 aromatic rings. The lowest BCUT2D eigenvalue weighted by Gasteiger charge is -2.28. The van der Waals surface area contributed by atoms with Crippen molar-refractivity contribution < 1.29 is 14.1 Å². The third kappa shape index (κ3) is 2.12. The summed E-state index contributed by atoms with van der Waals surface area (Å²) in [5.41, 5.74) is 3.16. The van der Waals surface area contributed by atoms with Crippen LogP contribution in [0, 0.1) is 0 Å². The molecule has 2 heterocycles. The highest BCUT2D eigenvalue weighted by Gasteiger charge is 2.49. The molecule has 1 fully saturated rings. The Hall–Kier alpha value is -1.59. The first-order chi connectivity index (χ1) is 10.4. The van der Waals surface area contributed by atoms with Gasteiger partial charge in [-0.1, -0.05) is 18.2 Å². The van der Waals surface area contributed by atoms with E-state index in [1.807, 2.05) is 35.2 Å². The van der Waals surface area contributed by atoms with Crippen molar-refractivity contribution in [2.24, 2.45) is 0 Å². The van der Waals surface area contributed by atoms with Crippen LogP contribution in [-0.2, 0) is 14.1 Å². The third-order valence-electron chi connectivity index (χ3n) is 4.56. The second-order valence-corrected chi connectivity index (χ2v) is 5.78. The molecule has 1 amide bonds. The van der Waals surface area contributed by atoms with Crippen LogP contribution in [0.1, 0.15) is 25.7 Å². The minimum Gasteiger partial charge on any atom is -0.407 e. The Morgan fingerprint density at radius 2 is 1.76 bits per heavy atom. The van der Waals surface area contributed by atoms with Gasteiger partial charge in [-0.2, -0.15) is 0 Å². The van der Waals surface area contributed by atoms with Gasteiger partial charge >= 0.3 is 7.12 Å². The molecular formula is C16H18BNO3. The molecule has 0 saturated carbocycles. The molecule has 0 N–H and O–H groups in total. The van der Waals surface area contributed by atoms with Crippen LogP contribution >= 0.6 is 0 Å². The van der Waals surface area contributed by atoms with Crippen LogP contribution in [0.5, 0.6) is 0 Å². The minimum absolute atomic E-state index is 0.0855. The Kier molecular flexibility index (Phi) is 3.32. The van der Waals surface area contributed by atoms with Crippen LogP contribution in [0.3, 0.4) is 0 Å². The Morgan fingerprint density at radius 1 is 1.05 bits per heavy atom. The van der Waals surface area contributed by atoms with Crippen molar-refractivity contribution in [1.82, 2.24) is 0 Å². The first-order valence-electron chi connectivity index (χ1n) is 7.70. The molecule has 1 aliphatic carbocycles. The molecule has 1 saturated heterocycles. The topological polar surface area (TPSA) is 38.8 Å². The van der Waals surface area contributed by atoms with Gasteiger partial charge in [0.15, 0.2) is 0 Å². The summed E-state index contributed by atoms with van der Waals surface area (Å²) in [4.78, 5) is 14.7. The molecule has 1 aromatic carbocycles. The molecule has 0 radical (unpaired) electrons. The lowest BCUT2D eigenvalue weighted by Crippen LogP contribution is -2.47. The monoisotopic (exact) mass is 283 g/mol. The molecule has 1 unspecified atom stereocenters. The van der Waals surface area contributed by atoms with E-state index in [0.717, 1.165) is 36.9 Å². The average molecular weight is 283 g/mol. The summed E-state index contributed by atoms with van der Waals surface area (Å²) in [5.74, 6) is 0.0534. The second kappa shape index (κ2) is 5.32. The number of nitrogens with zero attached hydrogens (tertiary/aromatic N) is 1. The van der Waals surface area contributed by atoms with Gasteiger partial charge in [0.25, 0.3) is 5.91 Å². The maximum absolute atomic E-state index is 12.9. The smallest absolute Gasteiger partial charge is 0.407 e. The van der Waals surface area contributed by atoms with E-state index in [4.69, 9.17) is 9.31 Å². The molecule has 21 heavy (non-hydrogen) atoms. The maximum Gasteiger partial charge on any atom is 0.486 e. The maximum atomic E-state index is 12.9. The SMILES string of the molecule is O=C1C2=C(CCCC2)C(B2OCCO2)N1c1ccccc1. The van der Waals surface area contributed by atoms with Gasteiger partial charge in [0.05, 0.1) is 19.2 Å². The fraction of sp³-hybridized carbons (Fsp3) is 0.438. The van der Waals surface area contributed by atoms with E-state index < -0.39 is 0 Å². The van der Waals surface area contributed by atoms with Gasteiger partial charge in [0.2, 0.25) is 0 Å². The van der Waals surface area contributed by atoms with E-state index in [1.54, 1.807) is 0 Å². The van der Waals surface area contributed by atoms with Crippen molar-refractivity contribution in [3.05, 3.63) is 41.5 Å². The minimum atomic E-state index is -0.320. The summed E-state index contributed by atoms with van der Waals surface area (Å²) in [5, 5.41) is 0. The zero-order valence-corrected chi connectivity index (χ0v) is 12.0. The highest BCUT2D eigenvalue weighted by atomic mass is 16.6. The first-order valence-corrected chi connectivity index (χ1v) is 7.70. The third-order valence-corrected chi connectivity index (χ3v) is 4.56. The first kappa shape index (κ1) is 13.1. The molecule has 1 atom stereocenters. The molecule has 108 valence electrons. The van der Waals surface area contributed by atoms with Crippen molar-refractivity contribution in [1.29, 1.82) is 0 Å². The van der Waals surface area contributed by atoms with Crippen molar-refractivity contribution in [3.63, 3.8) is 0 Å². The van der Waals surface area contributed by atoms with Crippen LogP contribution in [0.25, 0.3) is 0 Å². The number of amides is 1. The van der Waals surface area contributed by atoms with E-state index >= 15 is 0 Å². The van der Waals surface area contributed by atoms with Crippen molar-refractivity contribution >= 4 is 18.7 Å². The summed E-state index contributed by atoms with van der Waals surface area (Å²) >= 11 is 0. The zero-order chi connectivity index (χ0) is 14.2. The predicted octanol–water partition coefficient (Wildman–Crippen LogP) is 2.35. The van der Waals surface area contributed by atoms with Crippen molar-refractivity contribution in [3.8, 4) is 0 Å². The number of rotatable bonds is 2. The van der Waals surface area contributed by atoms with Gasteiger partial charge in [0, 0.05) is 11.3 Å². The quantitative estimate of drug-likeness (QED) is 0.782. The molecule has 5 heteroatoms. The normalized spacial score (nSPS) is 25.7. The highest BCUT2D eigenvalue weighted by molar-refractivity contribution is 6.51. The van der Waals surface area contributed by atoms with E-state index in [0.29, 0.717) is 13.2 Å². The summed E-state index contributed by atoms with van der Waals surface area (Å²) in [6.07, 6.45) is 4.13. The van der Waals surface area contributed by atoms with E-state index in [1.165, 1.54) is 5.57 Å². The molecule has 0 aromatic heterocycles. The Balaban J connectivity index is 1.76. The van der Waals surface area contributed by atoms with Gasteiger partial charge < -0.3 is 14.2 Å². The predicted molar refractivity (Wildman–Crippen MR) is 80.9 cm³/mol. The standard InChI is InChI=1S/C16H18BNO3/c19-16-14-9-5-4-8-13(14)15(17-20-10-11-21-17)18(16)12-6-2-1-3-7-12/h1-3,6-7,15H,4-5,8-11H2. The van der Waals surface area contributed by atoms with Gasteiger partial charge in [-0.05, 0) is 43.4 Å². The average Bonchev–Trinajstić information content (AvgIpc) is 3.15. The lowest BCUT2D eigenvalue weighted by atomic mass is 9.71. The molecule has 0 bridgehead atoms. The summed E-state index contributed by atoms with van der Waals surface area (Å²) in [7, 11) is -0.320. The number of carbonyl (C=O) groups is 1. The van der Waals surface area contributed by atoms with Gasteiger partial charge in [-0.3, -0.25) is 4.79 Å². The largest absolute Gasteiger partial charge is 0.486 e. The van der Waals surface area contributed by atoms with E-state index in [9.17, 15) is 4.79 Å². The van der Waals surface area contributed by atoms with Gasteiger partial charge in [-0.15, -0.1) is 0 Å². The van der Waals surface area contributed by atoms with Crippen molar-refractivity contribution in [2.75, 3.05) is 18.1 Å². The van der Waals surface area contributed by atoms with Crippen LogP contribution in [0.2, 0.25) is 0 Å². The lowest BCUT2D eigenvalue weighted by molar-refractivity contribution is -0.114. The van der Waals surface area contributed by atoms with Crippen molar-refractivity contribution in [2.45, 2.75) is 31.6 Å². The Morgan fingerprint density at radius 3 is 2.52 bits per heavy atom. The van der Waals surface area contributed by atoms with Crippen LogP contribution in [-0.4, -0.2) is 32.2 Å². The molecule has 2 aliphatic heterocycles. The molecule has 4 nitrogen and oxygen atoms in total. The summed E-state index contributed by atoms with van der Waals surface area (Å²) in [6.45, 7) is 1.22. The van der Waals surface area contributed by atoms with E-state index in [2.05, 4.69) is 0 Å². The molecule has 4 rings (SSSR count). The fourth-order valence-electron chi connectivity index (χ4n) is 3.64. The highest BCUT2D eigenvalue weighted by Crippen LogP contribution is 2.40. The van der Waals surface area contributed by atoms with Crippen LogP contribution < -0.4 is 4.90 Å². The number of para-hydroxylation sites is 1. The zero-order valence-electron chi connectivity index (χ0n) is 12.0. The number of benzene rings is 1. The molecule has 0 spiro atoms. The summed E-state index contributed by atoms with van der Waals surface area (Å²) in [6, 6.07) is 9.87. The van der Waals surface area contributed by atoms with Crippen LogP contribution in [0.15, 0.2) is 41.5 Å². The molecular weight excluding hydrogens is 265 g/mol. The number of hydrogen-bond donors (Lipinski definition) is 0.